The highest BCUT2D eigenvalue weighted by atomic mass is 16.5. The van der Waals surface area contributed by atoms with Gasteiger partial charge in [0, 0.05) is 24.2 Å². The van der Waals surface area contributed by atoms with Gasteiger partial charge < -0.3 is 24.1 Å². The maximum atomic E-state index is 12.1. The number of aliphatic hydroxyl groups excluding tert-OH is 1. The maximum absolute atomic E-state index is 12.1. The van der Waals surface area contributed by atoms with Gasteiger partial charge in [0.25, 0.3) is 0 Å². The molecule has 6 nitrogen and oxygen atoms in total. The number of esters is 1. The first-order valence-electron chi connectivity index (χ1n) is 22.5. The predicted octanol–water partition coefficient (Wildman–Crippen LogP) is 11.3. The van der Waals surface area contributed by atoms with Crippen molar-refractivity contribution in [3.05, 3.63) is 119 Å². The highest BCUT2D eigenvalue weighted by Crippen LogP contribution is 2.71. The van der Waals surface area contributed by atoms with Crippen molar-refractivity contribution in [2.75, 3.05) is 6.61 Å². The summed E-state index contributed by atoms with van der Waals surface area (Å²) in [4.78, 5) is 11.6. The van der Waals surface area contributed by atoms with Crippen molar-refractivity contribution in [1.82, 2.24) is 0 Å². The van der Waals surface area contributed by atoms with E-state index in [9.17, 15) is 9.90 Å². The molecule has 58 heavy (non-hydrogen) atoms. The first-order chi connectivity index (χ1) is 28.0. The number of carbonyl (C=O) groups excluding carboxylic acids is 1. The van der Waals surface area contributed by atoms with Crippen molar-refractivity contribution < 1.29 is 28.8 Å². The Balaban J connectivity index is 1.27. The summed E-state index contributed by atoms with van der Waals surface area (Å²) in [6, 6.07) is 32.0. The fraction of sp³-hybridized carbons (Fsp3) is 0.596. The molecule has 4 aliphatic carbocycles. The maximum Gasteiger partial charge on any atom is 0.302 e. The van der Waals surface area contributed by atoms with Gasteiger partial charge in [-0.15, -0.1) is 0 Å². The van der Waals surface area contributed by atoms with Gasteiger partial charge in [-0.1, -0.05) is 150 Å². The van der Waals surface area contributed by atoms with Gasteiger partial charge in [-0.2, -0.15) is 0 Å². The van der Waals surface area contributed by atoms with Crippen molar-refractivity contribution in [1.29, 1.82) is 0 Å². The molecule has 3 fully saturated rings. The molecule has 0 bridgehead atoms. The van der Waals surface area contributed by atoms with Crippen LogP contribution in [0.5, 0.6) is 0 Å². The van der Waals surface area contributed by atoms with Crippen LogP contribution in [0.1, 0.15) is 116 Å². The third kappa shape index (κ3) is 8.64. The van der Waals surface area contributed by atoms with Gasteiger partial charge in [-0.05, 0) is 90.7 Å². The Labute approximate surface area is 349 Å². The van der Waals surface area contributed by atoms with Crippen LogP contribution in [0.2, 0.25) is 0 Å². The Morgan fingerprint density at radius 2 is 1.34 bits per heavy atom. The molecule has 4 aliphatic rings. The molecule has 3 saturated carbocycles. The summed E-state index contributed by atoms with van der Waals surface area (Å²) in [6.45, 7) is 15.2. The van der Waals surface area contributed by atoms with E-state index in [0.29, 0.717) is 38.8 Å². The molecule has 3 aromatic carbocycles. The molecule has 0 heterocycles. The number of hydrogen-bond donors (Lipinski definition) is 1. The molecular weight excluding hydrogens is 721 g/mol. The van der Waals surface area contributed by atoms with Crippen LogP contribution in [0, 0.1) is 46.3 Å². The number of benzene rings is 3. The zero-order valence-electron chi connectivity index (χ0n) is 36.1. The van der Waals surface area contributed by atoms with Crippen molar-refractivity contribution >= 4 is 5.97 Å². The second kappa shape index (κ2) is 18.5. The Kier molecular flexibility index (Phi) is 13.7. The molecule has 0 spiro atoms. The van der Waals surface area contributed by atoms with E-state index in [1.165, 1.54) is 42.0 Å². The van der Waals surface area contributed by atoms with Crippen molar-refractivity contribution in [2.45, 2.75) is 143 Å². The lowest BCUT2D eigenvalue weighted by Gasteiger charge is -2.69. The molecule has 0 saturated heterocycles. The van der Waals surface area contributed by atoms with E-state index in [-0.39, 0.29) is 58.6 Å². The lowest BCUT2D eigenvalue weighted by atomic mass is 9.41. The standard InChI is InChI=1S/C52H70O6/c1-36(2)42(27-31-55-38(4)53)32-46(54)37(3)43-25-26-44-47-49(57-34-40-20-12-8-13-21-40)48(56-33-39-18-10-7-11-19-39)45-24-16-17-28-51(45,6)52(47,30-29-50(43,44)5)58-35-41-22-14-9-15-23-41/h7-15,18-23,25,36-37,42,44-49,54H,16-17,24,26-35H2,1-6H3/t37?,42?,44?,45?,46?,47?,48?,49?,50-,51+,52?/m1/s1. The quantitative estimate of drug-likeness (QED) is 0.108. The number of hydrogen-bond acceptors (Lipinski definition) is 6. The largest absolute Gasteiger partial charge is 0.466 e. The minimum Gasteiger partial charge on any atom is -0.466 e. The Hall–Kier alpha value is -3.29. The van der Waals surface area contributed by atoms with Crippen molar-refractivity contribution in [3.63, 3.8) is 0 Å². The van der Waals surface area contributed by atoms with E-state index in [4.69, 9.17) is 18.9 Å². The summed E-state index contributed by atoms with van der Waals surface area (Å²) >= 11 is 0. The van der Waals surface area contributed by atoms with Gasteiger partial charge in [0.1, 0.15) is 0 Å². The zero-order valence-corrected chi connectivity index (χ0v) is 36.1. The molecule has 0 aromatic heterocycles. The van der Waals surface area contributed by atoms with E-state index < -0.39 is 11.7 Å². The molecule has 1 N–H and O–H groups in total. The molecule has 11 atom stereocenters. The van der Waals surface area contributed by atoms with Crippen LogP contribution in [0.3, 0.4) is 0 Å². The van der Waals surface area contributed by atoms with E-state index in [1.807, 2.05) is 0 Å². The normalized spacial score (nSPS) is 32.0. The topological polar surface area (TPSA) is 74.2 Å². The Morgan fingerprint density at radius 1 is 0.759 bits per heavy atom. The monoisotopic (exact) mass is 791 g/mol. The molecule has 7 rings (SSSR count). The number of rotatable bonds is 17. The smallest absolute Gasteiger partial charge is 0.302 e. The first-order valence-corrected chi connectivity index (χ1v) is 22.5. The van der Waals surface area contributed by atoms with Crippen molar-refractivity contribution in [3.8, 4) is 0 Å². The molecule has 314 valence electrons. The lowest BCUT2D eigenvalue weighted by molar-refractivity contribution is -0.324. The number of ether oxygens (including phenoxy) is 4. The highest BCUT2D eigenvalue weighted by Gasteiger charge is 2.72. The third-order valence-corrected chi connectivity index (χ3v) is 15.6. The van der Waals surface area contributed by atoms with E-state index in [1.54, 1.807) is 0 Å². The molecule has 0 amide bonds. The zero-order chi connectivity index (χ0) is 40.9. The Morgan fingerprint density at radius 3 is 1.93 bits per heavy atom. The van der Waals surface area contributed by atoms with Gasteiger partial charge in [-0.3, -0.25) is 4.79 Å². The minimum atomic E-state index is -0.494. The number of fused-ring (bicyclic) bond motifs is 5. The summed E-state index contributed by atoms with van der Waals surface area (Å²) in [5.41, 5.74) is 4.30. The van der Waals surface area contributed by atoms with E-state index in [2.05, 4.69) is 132 Å². The third-order valence-electron chi connectivity index (χ3n) is 15.6. The second-order valence-electron chi connectivity index (χ2n) is 19.1. The first kappa shape index (κ1) is 42.8. The summed E-state index contributed by atoms with van der Waals surface area (Å²) in [6.07, 6.45) is 10.7. The van der Waals surface area contributed by atoms with Crippen LogP contribution in [0.4, 0.5) is 0 Å². The van der Waals surface area contributed by atoms with Gasteiger partial charge in [-0.25, -0.2) is 0 Å². The summed E-state index contributed by atoms with van der Waals surface area (Å²) in [5, 5.41) is 12.1. The SMILES string of the molecule is CC(=O)OCCC(CC(O)C(C)C1=CCC2C3C(OCc4ccccc4)C(OCc4ccccc4)C4CCCC[C@]4(C)C3(OCc3ccccc3)CC[C@]12C)C(C)C. The number of carbonyl (C=O) groups is 1. The van der Waals surface area contributed by atoms with Crippen LogP contribution in [0.15, 0.2) is 103 Å². The van der Waals surface area contributed by atoms with Gasteiger partial charge in [0.15, 0.2) is 0 Å². The molecule has 3 aromatic rings. The van der Waals surface area contributed by atoms with Crippen LogP contribution in [-0.2, 0) is 43.6 Å². The van der Waals surface area contributed by atoms with E-state index in [0.717, 1.165) is 38.5 Å². The summed E-state index contributed by atoms with van der Waals surface area (Å²) in [7, 11) is 0. The van der Waals surface area contributed by atoms with Crippen LogP contribution >= 0.6 is 0 Å². The molecular formula is C52H70O6. The highest BCUT2D eigenvalue weighted by molar-refractivity contribution is 5.65. The number of allylic oxidation sites excluding steroid dienone is 1. The van der Waals surface area contributed by atoms with Crippen molar-refractivity contribution in [2.24, 2.45) is 46.3 Å². The van der Waals surface area contributed by atoms with E-state index >= 15 is 0 Å². The molecule has 6 heteroatoms. The average molecular weight is 791 g/mol. The van der Waals surface area contributed by atoms with Crippen LogP contribution in [0.25, 0.3) is 0 Å². The fourth-order valence-corrected chi connectivity index (χ4v) is 12.3. The van der Waals surface area contributed by atoms with Crippen LogP contribution in [-0.4, -0.2) is 41.6 Å². The van der Waals surface area contributed by atoms with Gasteiger partial charge in [0.2, 0.25) is 0 Å². The number of aliphatic hydroxyl groups is 1. The van der Waals surface area contributed by atoms with Gasteiger partial charge >= 0.3 is 5.97 Å². The summed E-state index contributed by atoms with van der Waals surface area (Å²) in [5.74, 6) is 1.00. The van der Waals surface area contributed by atoms with Gasteiger partial charge in [0.05, 0.1) is 50.3 Å². The summed E-state index contributed by atoms with van der Waals surface area (Å²) < 4.78 is 27.8. The Bertz CT molecular complexity index is 1790. The molecule has 0 radical (unpaired) electrons. The van der Waals surface area contributed by atoms with Crippen LogP contribution < -0.4 is 0 Å². The molecule has 9 unspecified atom stereocenters. The fourth-order valence-electron chi connectivity index (χ4n) is 12.3. The lowest BCUT2D eigenvalue weighted by Crippen LogP contribution is -2.74. The second-order valence-corrected chi connectivity index (χ2v) is 19.1. The average Bonchev–Trinajstić information content (AvgIpc) is 3.58. The minimum absolute atomic E-state index is 0.00173. The molecule has 0 aliphatic heterocycles. The predicted molar refractivity (Wildman–Crippen MR) is 230 cm³/mol.